The van der Waals surface area contributed by atoms with Crippen molar-refractivity contribution in [1.82, 2.24) is 19.9 Å². The van der Waals surface area contributed by atoms with Crippen LogP contribution in [-0.4, -0.2) is 32.1 Å². The van der Waals surface area contributed by atoms with Gasteiger partial charge in [0.2, 0.25) is 5.91 Å². The zero-order valence-corrected chi connectivity index (χ0v) is 20.5. The second-order valence-corrected chi connectivity index (χ2v) is 7.39. The molecule has 0 aliphatic heterocycles. The molecule has 0 spiro atoms. The topological polar surface area (TPSA) is 135 Å². The number of anilines is 1. The van der Waals surface area contributed by atoms with Gasteiger partial charge < -0.3 is 21.5 Å². The first-order valence-electron chi connectivity index (χ1n) is 9.78. The van der Waals surface area contributed by atoms with Crippen molar-refractivity contribution in [1.29, 1.82) is 0 Å². The number of halogens is 5. The van der Waals surface area contributed by atoms with E-state index >= 15 is 0 Å². The molecule has 0 bridgehead atoms. The molecule has 5 N–H and O–H groups in total. The first-order chi connectivity index (χ1) is 15.7. The highest BCUT2D eigenvalue weighted by Gasteiger charge is 2.36. The van der Waals surface area contributed by atoms with Crippen LogP contribution in [-0.2, 0) is 30.4 Å². The van der Waals surface area contributed by atoms with E-state index < -0.39 is 47.7 Å². The first-order valence-corrected chi connectivity index (χ1v) is 10.2. The Kier molecular flexibility index (Phi) is 11.3. The fourth-order valence-electron chi connectivity index (χ4n) is 3.02. The number of hydrogen-bond acceptors (Lipinski definition) is 7. The Morgan fingerprint density at radius 1 is 1.14 bits per heavy atom. The molecule has 14 heteroatoms. The van der Waals surface area contributed by atoms with Gasteiger partial charge in [-0.25, -0.2) is 4.98 Å². The number of alkyl halides is 2. The van der Waals surface area contributed by atoms with Crippen molar-refractivity contribution in [3.05, 3.63) is 81.1 Å². The third-order valence-corrected chi connectivity index (χ3v) is 5.03. The van der Waals surface area contributed by atoms with Crippen LogP contribution < -0.4 is 21.9 Å². The fourth-order valence-corrected chi connectivity index (χ4v) is 3.20. The lowest BCUT2D eigenvalue weighted by atomic mass is 10.1. The maximum atomic E-state index is 14.4. The molecule has 0 fully saturated rings. The van der Waals surface area contributed by atoms with Crippen LogP contribution in [0.15, 0.2) is 53.6 Å². The molecule has 9 nitrogen and oxygen atoms in total. The Hall–Kier alpha value is -2.99. The molecular formula is C21H23Cl3F2N6O3. The molecule has 3 aromatic rings. The minimum Gasteiger partial charge on any atom is -0.506 e. The van der Waals surface area contributed by atoms with Gasteiger partial charge >= 0.3 is 5.92 Å². The van der Waals surface area contributed by atoms with Gasteiger partial charge in [0.05, 0.1) is 12.7 Å². The van der Waals surface area contributed by atoms with Gasteiger partial charge in [0, 0.05) is 19.3 Å². The summed E-state index contributed by atoms with van der Waals surface area (Å²) in [6.07, 6.45) is 2.18. The van der Waals surface area contributed by atoms with Crippen LogP contribution >= 0.6 is 36.4 Å². The quantitative estimate of drug-likeness (QED) is 0.321. The van der Waals surface area contributed by atoms with Crippen molar-refractivity contribution >= 4 is 48.1 Å². The van der Waals surface area contributed by atoms with E-state index in [0.717, 1.165) is 34.2 Å². The SMILES string of the molecule is Cl.Cl.NCc1ccccc1CNC(=O)Cn1c(Cl)cnc(NCC(F)(F)c2ncccc2O)c1=O. The summed E-state index contributed by atoms with van der Waals surface area (Å²) in [5, 5.41) is 14.4. The van der Waals surface area contributed by atoms with Crippen molar-refractivity contribution in [3.63, 3.8) is 0 Å². The fraction of sp³-hybridized carbons (Fsp3) is 0.238. The Labute approximate surface area is 216 Å². The third kappa shape index (κ3) is 7.49. The van der Waals surface area contributed by atoms with Crippen LogP contribution in [0.25, 0.3) is 0 Å². The van der Waals surface area contributed by atoms with Crippen LogP contribution in [0.4, 0.5) is 14.6 Å². The molecule has 1 amide bonds. The molecular weight excluding hydrogens is 529 g/mol. The molecule has 3 rings (SSSR count). The van der Waals surface area contributed by atoms with Crippen LogP contribution in [0.3, 0.4) is 0 Å². The van der Waals surface area contributed by atoms with Gasteiger partial charge in [-0.2, -0.15) is 8.78 Å². The molecule has 1 aromatic carbocycles. The van der Waals surface area contributed by atoms with E-state index in [1.54, 1.807) is 0 Å². The summed E-state index contributed by atoms with van der Waals surface area (Å²) in [6.45, 7) is -1.02. The highest BCUT2D eigenvalue weighted by molar-refractivity contribution is 6.29. The summed E-state index contributed by atoms with van der Waals surface area (Å²) in [7, 11) is 0. The number of rotatable bonds is 9. The summed E-state index contributed by atoms with van der Waals surface area (Å²) < 4.78 is 29.8. The Morgan fingerprint density at radius 3 is 2.49 bits per heavy atom. The molecule has 0 aliphatic rings. The average Bonchev–Trinajstić information content (AvgIpc) is 2.80. The predicted molar refractivity (Wildman–Crippen MR) is 132 cm³/mol. The number of hydrogen-bond donors (Lipinski definition) is 4. The normalized spacial score (nSPS) is 10.6. The second-order valence-electron chi connectivity index (χ2n) is 7.00. The third-order valence-electron chi connectivity index (χ3n) is 4.73. The summed E-state index contributed by atoms with van der Waals surface area (Å²) in [6, 6.07) is 9.68. The Bertz CT molecular complexity index is 1210. The summed E-state index contributed by atoms with van der Waals surface area (Å²) >= 11 is 6.00. The molecule has 35 heavy (non-hydrogen) atoms. The standard InChI is InChI=1S/C21H21ClF2N6O3.2ClH/c22-16-10-28-19(29-12-21(23,24)18-15(31)6-3-7-26-18)20(33)30(16)11-17(32)27-9-14-5-2-1-4-13(14)8-25;;/h1-7,10,31H,8-9,11-12,25H2,(H,27,32)(H,28,29);2*1H. The van der Waals surface area contributed by atoms with Crippen molar-refractivity contribution in [2.24, 2.45) is 5.73 Å². The molecule has 0 saturated carbocycles. The number of amides is 1. The molecule has 0 aliphatic carbocycles. The van der Waals surface area contributed by atoms with E-state index in [1.807, 2.05) is 24.3 Å². The van der Waals surface area contributed by atoms with Crippen LogP contribution in [0.1, 0.15) is 16.8 Å². The number of pyridine rings is 1. The van der Waals surface area contributed by atoms with Crippen LogP contribution in [0, 0.1) is 0 Å². The minimum absolute atomic E-state index is 0. The summed E-state index contributed by atoms with van der Waals surface area (Å²) in [4.78, 5) is 32.3. The molecule has 0 atom stereocenters. The maximum absolute atomic E-state index is 14.4. The molecule has 2 aromatic heterocycles. The van der Waals surface area contributed by atoms with Gasteiger partial charge in [0.1, 0.15) is 17.4 Å². The smallest absolute Gasteiger partial charge is 0.310 e. The molecule has 2 heterocycles. The van der Waals surface area contributed by atoms with Gasteiger partial charge in [-0.05, 0) is 23.3 Å². The Balaban J connectivity index is 0.00000306. The van der Waals surface area contributed by atoms with Gasteiger partial charge in [-0.15, -0.1) is 24.8 Å². The molecule has 0 saturated heterocycles. The zero-order valence-electron chi connectivity index (χ0n) is 18.1. The van der Waals surface area contributed by atoms with Crippen LogP contribution in [0.2, 0.25) is 5.15 Å². The number of benzene rings is 1. The highest BCUT2D eigenvalue weighted by atomic mass is 35.5. The van der Waals surface area contributed by atoms with E-state index in [0.29, 0.717) is 6.54 Å². The number of carbonyl (C=O) groups is 1. The van der Waals surface area contributed by atoms with Crippen molar-refractivity contribution in [2.75, 3.05) is 11.9 Å². The number of nitrogens with zero attached hydrogens (tertiary/aromatic N) is 3. The lowest BCUT2D eigenvalue weighted by Gasteiger charge is -2.18. The number of nitrogens with one attached hydrogen (secondary N) is 2. The summed E-state index contributed by atoms with van der Waals surface area (Å²) in [5.74, 6) is -5.24. The van der Waals surface area contributed by atoms with Gasteiger partial charge in [-0.3, -0.25) is 19.1 Å². The van der Waals surface area contributed by atoms with E-state index in [-0.39, 0.29) is 36.5 Å². The van der Waals surface area contributed by atoms with Gasteiger partial charge in [0.25, 0.3) is 5.56 Å². The first kappa shape index (κ1) is 30.0. The van der Waals surface area contributed by atoms with E-state index in [2.05, 4.69) is 20.6 Å². The summed E-state index contributed by atoms with van der Waals surface area (Å²) in [5.41, 5.74) is 5.66. The number of aromatic hydroxyl groups is 1. The molecule has 0 unspecified atom stereocenters. The zero-order chi connectivity index (χ0) is 24.0. The number of carbonyl (C=O) groups excluding carboxylic acids is 1. The van der Waals surface area contributed by atoms with Gasteiger partial charge in [0.15, 0.2) is 11.5 Å². The average molecular weight is 552 g/mol. The lowest BCUT2D eigenvalue weighted by molar-refractivity contribution is -0.121. The van der Waals surface area contributed by atoms with E-state index in [1.165, 1.54) is 6.07 Å². The number of aromatic nitrogens is 3. The van der Waals surface area contributed by atoms with Crippen molar-refractivity contribution < 1.29 is 18.7 Å². The second kappa shape index (κ2) is 13.2. The Morgan fingerprint density at radius 2 is 1.83 bits per heavy atom. The highest BCUT2D eigenvalue weighted by Crippen LogP contribution is 2.32. The van der Waals surface area contributed by atoms with E-state index in [9.17, 15) is 23.5 Å². The largest absolute Gasteiger partial charge is 0.506 e. The number of nitrogens with two attached hydrogens (primary N) is 1. The lowest BCUT2D eigenvalue weighted by Crippen LogP contribution is -2.35. The van der Waals surface area contributed by atoms with Crippen molar-refractivity contribution in [3.8, 4) is 5.75 Å². The predicted octanol–water partition coefficient (Wildman–Crippen LogP) is 2.82. The van der Waals surface area contributed by atoms with Crippen LogP contribution in [0.5, 0.6) is 5.75 Å². The monoisotopic (exact) mass is 550 g/mol. The molecule has 0 radical (unpaired) electrons. The van der Waals surface area contributed by atoms with Crippen molar-refractivity contribution in [2.45, 2.75) is 25.6 Å². The molecule has 190 valence electrons. The minimum atomic E-state index is -3.60. The van der Waals surface area contributed by atoms with E-state index in [4.69, 9.17) is 17.3 Å². The maximum Gasteiger partial charge on any atom is 0.310 e. The van der Waals surface area contributed by atoms with Gasteiger partial charge in [-0.1, -0.05) is 35.9 Å².